The summed E-state index contributed by atoms with van der Waals surface area (Å²) in [5.41, 5.74) is 0.134. The number of carbonyl (C=O) groups is 2. The van der Waals surface area contributed by atoms with E-state index in [1.807, 2.05) is 4.90 Å². The van der Waals surface area contributed by atoms with Crippen LogP contribution in [-0.2, 0) is 9.59 Å². The summed E-state index contributed by atoms with van der Waals surface area (Å²) in [6.07, 6.45) is 2.01. The van der Waals surface area contributed by atoms with Crippen molar-refractivity contribution in [1.82, 2.24) is 14.9 Å². The maximum Gasteiger partial charge on any atom is 0.234 e. The molecule has 1 aromatic heterocycles. The summed E-state index contributed by atoms with van der Waals surface area (Å²) >= 11 is 7.29. The Bertz CT molecular complexity index is 951. The highest BCUT2D eigenvalue weighted by molar-refractivity contribution is 7.99. The molecular weight excluding hydrogens is 429 g/mol. The van der Waals surface area contributed by atoms with E-state index in [4.69, 9.17) is 11.6 Å². The van der Waals surface area contributed by atoms with Gasteiger partial charge in [0.1, 0.15) is 16.8 Å². The molecule has 1 saturated carbocycles. The lowest BCUT2D eigenvalue weighted by molar-refractivity contribution is -0.132. The van der Waals surface area contributed by atoms with Gasteiger partial charge in [-0.25, -0.2) is 14.4 Å². The van der Waals surface area contributed by atoms with Crippen molar-refractivity contribution < 1.29 is 14.0 Å². The number of amides is 2. The maximum atomic E-state index is 13.7. The van der Waals surface area contributed by atoms with E-state index in [-0.39, 0.29) is 34.3 Å². The van der Waals surface area contributed by atoms with Gasteiger partial charge in [-0.15, -0.1) is 0 Å². The molecule has 1 aliphatic carbocycles. The average molecular weight is 450 g/mol. The molecule has 2 fully saturated rings. The summed E-state index contributed by atoms with van der Waals surface area (Å²) in [6.45, 7) is 2.66. The van der Waals surface area contributed by atoms with Crippen LogP contribution in [0.4, 0.5) is 15.9 Å². The van der Waals surface area contributed by atoms with Crippen LogP contribution < -0.4 is 10.2 Å². The van der Waals surface area contributed by atoms with Crippen molar-refractivity contribution in [2.75, 3.05) is 42.1 Å². The summed E-state index contributed by atoms with van der Waals surface area (Å²) in [6, 6.07) is 7.68. The molecule has 1 N–H and O–H groups in total. The van der Waals surface area contributed by atoms with Crippen LogP contribution in [-0.4, -0.2) is 58.6 Å². The monoisotopic (exact) mass is 449 g/mol. The zero-order valence-electron chi connectivity index (χ0n) is 16.2. The summed E-state index contributed by atoms with van der Waals surface area (Å²) in [7, 11) is 0. The molecular formula is C20H21ClFN5O2S. The Balaban J connectivity index is 1.33. The van der Waals surface area contributed by atoms with Gasteiger partial charge in [-0.3, -0.25) is 9.59 Å². The first-order chi connectivity index (χ1) is 14.5. The number of anilines is 2. The molecule has 7 nitrogen and oxygen atoms in total. The number of nitrogens with zero attached hydrogens (tertiary/aromatic N) is 4. The Hall–Kier alpha value is -2.39. The molecule has 2 amide bonds. The van der Waals surface area contributed by atoms with Crippen LogP contribution in [0.15, 0.2) is 35.5 Å². The molecule has 0 bridgehead atoms. The standard InChI is InChI=1S/C20H21ClFN5O2S/c21-16-11-17(26-7-9-27(10-8-26)19(29)13-5-6-13)25-20(24-16)30-12-18(28)23-15-4-2-1-3-14(15)22/h1-4,11,13H,5-10,12H2,(H,23,28). The van der Waals surface area contributed by atoms with Crippen molar-refractivity contribution in [2.24, 2.45) is 5.92 Å². The van der Waals surface area contributed by atoms with Crippen molar-refractivity contribution in [3.05, 3.63) is 41.3 Å². The number of para-hydroxylation sites is 1. The predicted octanol–water partition coefficient (Wildman–Crippen LogP) is 3.06. The summed E-state index contributed by atoms with van der Waals surface area (Å²) in [4.78, 5) is 37.0. The second-order valence-corrected chi connectivity index (χ2v) is 8.56. The Kier molecular flexibility index (Phi) is 6.38. The minimum Gasteiger partial charge on any atom is -0.353 e. The van der Waals surface area contributed by atoms with Crippen LogP contribution in [0.2, 0.25) is 5.15 Å². The van der Waals surface area contributed by atoms with Gasteiger partial charge in [0.05, 0.1) is 11.4 Å². The normalized spacial score (nSPS) is 16.5. The van der Waals surface area contributed by atoms with E-state index in [0.717, 1.165) is 24.6 Å². The average Bonchev–Trinajstić information content (AvgIpc) is 3.59. The number of hydrogen-bond donors (Lipinski definition) is 1. The number of piperazine rings is 1. The van der Waals surface area contributed by atoms with Gasteiger partial charge in [0, 0.05) is 38.2 Å². The summed E-state index contributed by atoms with van der Waals surface area (Å²) in [5, 5.41) is 3.19. The van der Waals surface area contributed by atoms with Gasteiger partial charge < -0.3 is 15.1 Å². The molecule has 1 aliphatic heterocycles. The minimum absolute atomic E-state index is 0.0256. The van der Waals surface area contributed by atoms with Gasteiger partial charge in [-0.2, -0.15) is 0 Å². The molecule has 0 radical (unpaired) electrons. The lowest BCUT2D eigenvalue weighted by atomic mass is 10.2. The number of aromatic nitrogens is 2. The maximum absolute atomic E-state index is 13.7. The number of benzene rings is 1. The van der Waals surface area contributed by atoms with Gasteiger partial charge >= 0.3 is 0 Å². The molecule has 10 heteroatoms. The van der Waals surface area contributed by atoms with Crippen LogP contribution in [0.25, 0.3) is 0 Å². The van der Waals surface area contributed by atoms with E-state index in [2.05, 4.69) is 20.2 Å². The van der Waals surface area contributed by atoms with Crippen LogP contribution >= 0.6 is 23.4 Å². The van der Waals surface area contributed by atoms with E-state index in [0.29, 0.717) is 37.2 Å². The first-order valence-corrected chi connectivity index (χ1v) is 11.1. The van der Waals surface area contributed by atoms with Gasteiger partial charge in [0.25, 0.3) is 0 Å². The number of nitrogens with one attached hydrogen (secondary N) is 1. The Morgan fingerprint density at radius 2 is 1.90 bits per heavy atom. The first kappa shape index (κ1) is 20.9. The van der Waals surface area contributed by atoms with Gasteiger partial charge in [-0.05, 0) is 25.0 Å². The van der Waals surface area contributed by atoms with Crippen molar-refractivity contribution in [3.8, 4) is 0 Å². The third-order valence-corrected chi connectivity index (χ3v) is 6.02. The molecule has 158 valence electrons. The number of hydrogen-bond acceptors (Lipinski definition) is 6. The fourth-order valence-electron chi connectivity index (χ4n) is 3.24. The van der Waals surface area contributed by atoms with Crippen LogP contribution in [0.3, 0.4) is 0 Å². The second-order valence-electron chi connectivity index (χ2n) is 7.23. The number of halogens is 2. The van der Waals surface area contributed by atoms with E-state index in [1.165, 1.54) is 12.1 Å². The fourth-order valence-corrected chi connectivity index (χ4v) is 4.12. The number of thioether (sulfide) groups is 1. The minimum atomic E-state index is -0.489. The smallest absolute Gasteiger partial charge is 0.234 e. The fraction of sp³-hybridized carbons (Fsp3) is 0.400. The van der Waals surface area contributed by atoms with Gasteiger partial charge in [0.2, 0.25) is 11.8 Å². The summed E-state index contributed by atoms with van der Waals surface area (Å²) < 4.78 is 13.7. The molecule has 0 unspecified atom stereocenters. The third-order valence-electron chi connectivity index (χ3n) is 4.98. The molecule has 0 atom stereocenters. The van der Waals surface area contributed by atoms with E-state index >= 15 is 0 Å². The predicted molar refractivity (Wildman–Crippen MR) is 114 cm³/mol. The molecule has 4 rings (SSSR count). The quantitative estimate of drug-likeness (QED) is 0.415. The first-order valence-electron chi connectivity index (χ1n) is 9.75. The van der Waals surface area contributed by atoms with Crippen LogP contribution in [0, 0.1) is 11.7 Å². The highest BCUT2D eigenvalue weighted by atomic mass is 35.5. The lowest BCUT2D eigenvalue weighted by Gasteiger charge is -2.35. The molecule has 1 aromatic carbocycles. The van der Waals surface area contributed by atoms with Crippen molar-refractivity contribution >= 4 is 46.7 Å². The molecule has 2 aliphatic rings. The van der Waals surface area contributed by atoms with E-state index in [9.17, 15) is 14.0 Å². The molecule has 2 aromatic rings. The van der Waals surface area contributed by atoms with Gasteiger partial charge in [-0.1, -0.05) is 35.5 Å². The van der Waals surface area contributed by atoms with Crippen molar-refractivity contribution in [2.45, 2.75) is 18.0 Å². The SMILES string of the molecule is O=C(CSc1nc(Cl)cc(N2CCN(C(=O)C3CC3)CC2)n1)Nc1ccccc1F. The van der Waals surface area contributed by atoms with Crippen molar-refractivity contribution in [3.63, 3.8) is 0 Å². The molecule has 2 heterocycles. The van der Waals surface area contributed by atoms with E-state index < -0.39 is 5.82 Å². The second kappa shape index (κ2) is 9.18. The highest BCUT2D eigenvalue weighted by Crippen LogP contribution is 2.31. The Morgan fingerprint density at radius 1 is 1.17 bits per heavy atom. The van der Waals surface area contributed by atoms with Crippen LogP contribution in [0.5, 0.6) is 0 Å². The van der Waals surface area contributed by atoms with Crippen LogP contribution in [0.1, 0.15) is 12.8 Å². The zero-order chi connectivity index (χ0) is 21.1. The number of carbonyl (C=O) groups excluding carboxylic acids is 2. The third kappa shape index (κ3) is 5.20. The largest absolute Gasteiger partial charge is 0.353 e. The van der Waals surface area contributed by atoms with Gasteiger partial charge in [0.15, 0.2) is 5.16 Å². The number of rotatable bonds is 6. The molecule has 1 saturated heterocycles. The topological polar surface area (TPSA) is 78.4 Å². The van der Waals surface area contributed by atoms with E-state index in [1.54, 1.807) is 18.2 Å². The van der Waals surface area contributed by atoms with Crippen molar-refractivity contribution in [1.29, 1.82) is 0 Å². The summed E-state index contributed by atoms with van der Waals surface area (Å²) in [5.74, 6) is 0.332. The highest BCUT2D eigenvalue weighted by Gasteiger charge is 2.34. The molecule has 0 spiro atoms. The Morgan fingerprint density at radius 3 is 2.60 bits per heavy atom. The molecule has 30 heavy (non-hydrogen) atoms. The Labute approximate surface area is 183 Å². The zero-order valence-corrected chi connectivity index (χ0v) is 17.8. The lowest BCUT2D eigenvalue weighted by Crippen LogP contribution is -2.49.